The van der Waals surface area contributed by atoms with Crippen LogP contribution in [0, 0.1) is 0 Å². The fourth-order valence-corrected chi connectivity index (χ4v) is 5.62. The average Bonchev–Trinajstić information content (AvgIpc) is 3.43. The molecule has 1 atom stereocenters. The highest BCUT2D eigenvalue weighted by molar-refractivity contribution is 7.91. The number of pyridine rings is 3. The highest BCUT2D eigenvalue weighted by atomic mass is 35.5. The number of halogens is 4. The molecule has 0 aliphatic rings. The fourth-order valence-electron chi connectivity index (χ4n) is 4.40. The van der Waals surface area contributed by atoms with Crippen molar-refractivity contribution in [3.05, 3.63) is 106 Å². The lowest BCUT2D eigenvalue weighted by Crippen LogP contribution is -2.22. The van der Waals surface area contributed by atoms with Crippen molar-refractivity contribution >= 4 is 50.6 Å². The normalized spacial score (nSPS) is 12.6. The highest BCUT2D eigenvalue weighted by Crippen LogP contribution is 2.36. The van der Waals surface area contributed by atoms with Gasteiger partial charge in [-0.3, -0.25) is 14.9 Å². The van der Waals surface area contributed by atoms with Crippen LogP contribution < -0.4 is 10.3 Å². The second-order valence-corrected chi connectivity index (χ2v) is 10.7. The lowest BCUT2D eigenvalue weighted by Gasteiger charge is -2.14. The largest absolute Gasteiger partial charge is 0.593 e. The zero-order valence-corrected chi connectivity index (χ0v) is 22.4. The van der Waals surface area contributed by atoms with Gasteiger partial charge < -0.3 is 9.54 Å². The van der Waals surface area contributed by atoms with E-state index in [4.69, 9.17) is 16.6 Å². The van der Waals surface area contributed by atoms with Crippen LogP contribution in [0.5, 0.6) is 0 Å². The van der Waals surface area contributed by atoms with Crippen LogP contribution in [0.4, 0.5) is 18.9 Å². The van der Waals surface area contributed by atoms with Gasteiger partial charge in [-0.1, -0.05) is 48.0 Å². The zero-order chi connectivity index (χ0) is 28.7. The first-order valence-electron chi connectivity index (χ1n) is 12.1. The van der Waals surface area contributed by atoms with E-state index in [0.717, 1.165) is 34.3 Å². The van der Waals surface area contributed by atoms with Crippen LogP contribution in [0.25, 0.3) is 44.3 Å². The molecule has 0 radical (unpaired) electrons. The molecule has 0 aliphatic carbocycles. The first kappa shape index (κ1) is 26.8. The first-order valence-corrected chi connectivity index (χ1v) is 13.8. The maximum absolute atomic E-state index is 12.9. The first-order chi connectivity index (χ1) is 19.7. The summed E-state index contributed by atoms with van der Waals surface area (Å²) in [6, 6.07) is 18.6. The highest BCUT2D eigenvalue weighted by Gasteiger charge is 2.32. The van der Waals surface area contributed by atoms with E-state index in [1.807, 2.05) is 42.5 Å². The number of nitrogens with zero attached hydrogens (tertiary/aromatic N) is 3. The standard InChI is InChI=1S/C28H18ClF3N6O2S/c29-21-10-17(8-19-13-34-37-25(19)21)20-9-18-11-22(27(39)36-26(18)35-24(20)16-4-2-1-3-5-16)38-41(40)14-15-6-7-23(33-12-15)28(30,31)32/h1-13,38H,14H2,(H,34,37)(H,35,36,39). The second kappa shape index (κ2) is 10.5. The molecule has 13 heteroatoms. The van der Waals surface area contributed by atoms with Crippen LogP contribution in [0.1, 0.15) is 11.3 Å². The zero-order valence-electron chi connectivity index (χ0n) is 20.8. The van der Waals surface area contributed by atoms with Crippen molar-refractivity contribution in [3.63, 3.8) is 0 Å². The van der Waals surface area contributed by atoms with E-state index in [1.54, 1.807) is 12.3 Å². The molecule has 0 saturated heterocycles. The van der Waals surface area contributed by atoms with Crippen LogP contribution in [-0.2, 0) is 23.3 Å². The summed E-state index contributed by atoms with van der Waals surface area (Å²) in [6.45, 7) is 0. The number of hydrogen-bond acceptors (Lipinski definition) is 6. The Morgan fingerprint density at radius 2 is 1.78 bits per heavy atom. The molecule has 0 bridgehead atoms. The van der Waals surface area contributed by atoms with Gasteiger partial charge in [-0.2, -0.15) is 18.3 Å². The van der Waals surface area contributed by atoms with Crippen LogP contribution in [-0.4, -0.2) is 29.7 Å². The number of aromatic amines is 2. The summed E-state index contributed by atoms with van der Waals surface area (Å²) >= 11 is 4.70. The topological polar surface area (TPSA) is 122 Å². The van der Waals surface area contributed by atoms with Crippen molar-refractivity contribution in [2.75, 3.05) is 4.72 Å². The Hall–Kier alpha value is -4.39. The fraction of sp³-hybridized carbons (Fsp3) is 0.0714. The van der Waals surface area contributed by atoms with E-state index in [-0.39, 0.29) is 11.4 Å². The molecular weight excluding hydrogens is 577 g/mol. The molecule has 8 nitrogen and oxygen atoms in total. The van der Waals surface area contributed by atoms with E-state index in [1.165, 1.54) is 12.1 Å². The second-order valence-electron chi connectivity index (χ2n) is 9.13. The van der Waals surface area contributed by atoms with Gasteiger partial charge in [0.15, 0.2) is 5.75 Å². The number of rotatable bonds is 6. The molecule has 0 spiro atoms. The molecule has 206 valence electrons. The predicted molar refractivity (Wildman–Crippen MR) is 153 cm³/mol. The molecule has 0 aliphatic heterocycles. The molecule has 0 amide bonds. The van der Waals surface area contributed by atoms with Gasteiger partial charge in [0.05, 0.1) is 33.8 Å². The third-order valence-electron chi connectivity index (χ3n) is 6.32. The lowest BCUT2D eigenvalue weighted by atomic mass is 9.97. The van der Waals surface area contributed by atoms with Crippen molar-refractivity contribution in [3.8, 4) is 22.4 Å². The van der Waals surface area contributed by atoms with E-state index >= 15 is 0 Å². The van der Waals surface area contributed by atoms with Crippen molar-refractivity contribution in [1.82, 2.24) is 25.1 Å². The number of anilines is 1. The van der Waals surface area contributed by atoms with Crippen LogP contribution in [0.2, 0.25) is 5.02 Å². The molecule has 1 unspecified atom stereocenters. The van der Waals surface area contributed by atoms with Gasteiger partial charge in [0.25, 0.3) is 5.56 Å². The Morgan fingerprint density at radius 1 is 0.976 bits per heavy atom. The summed E-state index contributed by atoms with van der Waals surface area (Å²) in [6.07, 6.45) is -1.89. The Bertz CT molecular complexity index is 1950. The molecule has 0 fully saturated rings. The number of nitrogens with one attached hydrogen (secondary N) is 3. The smallest absolute Gasteiger partial charge is 0.433 e. The number of aromatic nitrogens is 5. The summed E-state index contributed by atoms with van der Waals surface area (Å²) in [4.78, 5) is 23.8. The van der Waals surface area contributed by atoms with E-state index in [9.17, 15) is 22.5 Å². The van der Waals surface area contributed by atoms with Gasteiger partial charge in [-0.25, -0.2) is 9.71 Å². The molecule has 6 aromatic rings. The summed E-state index contributed by atoms with van der Waals surface area (Å²) in [7, 11) is 0. The summed E-state index contributed by atoms with van der Waals surface area (Å²) in [5, 5.41) is 8.78. The minimum absolute atomic E-state index is 0.0132. The molecule has 4 heterocycles. The predicted octanol–water partition coefficient (Wildman–Crippen LogP) is 6.48. The summed E-state index contributed by atoms with van der Waals surface area (Å²) in [5.74, 6) is -0.164. The summed E-state index contributed by atoms with van der Waals surface area (Å²) in [5.41, 5.74) is 2.69. The van der Waals surface area contributed by atoms with Crippen LogP contribution >= 0.6 is 11.6 Å². The molecule has 41 heavy (non-hydrogen) atoms. The maximum Gasteiger partial charge on any atom is 0.433 e. The number of fused-ring (bicyclic) bond motifs is 2. The van der Waals surface area contributed by atoms with Crippen molar-refractivity contribution in [1.29, 1.82) is 0 Å². The monoisotopic (exact) mass is 594 g/mol. The van der Waals surface area contributed by atoms with E-state index < -0.39 is 28.8 Å². The Labute approximate surface area is 237 Å². The van der Waals surface area contributed by atoms with Gasteiger partial charge in [0, 0.05) is 33.7 Å². The number of alkyl halides is 3. The van der Waals surface area contributed by atoms with Crippen molar-refractivity contribution in [2.24, 2.45) is 0 Å². The third-order valence-corrected chi connectivity index (χ3v) is 7.67. The molecule has 3 N–H and O–H groups in total. The lowest BCUT2D eigenvalue weighted by molar-refractivity contribution is -0.141. The third kappa shape index (κ3) is 5.49. The van der Waals surface area contributed by atoms with Crippen molar-refractivity contribution < 1.29 is 17.7 Å². The molecule has 2 aromatic carbocycles. The molecule has 6 rings (SSSR count). The van der Waals surface area contributed by atoms with Crippen molar-refractivity contribution in [2.45, 2.75) is 11.9 Å². The molecule has 4 aromatic heterocycles. The minimum atomic E-state index is -4.57. The van der Waals surface area contributed by atoms with Gasteiger partial charge in [0.2, 0.25) is 0 Å². The maximum atomic E-state index is 12.9. The Balaban J connectivity index is 1.38. The molecule has 0 saturated carbocycles. The van der Waals surface area contributed by atoms with Gasteiger partial charge in [-0.15, -0.1) is 0 Å². The van der Waals surface area contributed by atoms with Gasteiger partial charge in [0.1, 0.15) is 17.0 Å². The van der Waals surface area contributed by atoms with Gasteiger partial charge in [-0.05, 0) is 35.9 Å². The van der Waals surface area contributed by atoms with Crippen LogP contribution in [0.3, 0.4) is 0 Å². The Kier molecular flexibility index (Phi) is 6.89. The number of H-pyrrole nitrogens is 2. The average molecular weight is 595 g/mol. The van der Waals surface area contributed by atoms with E-state index in [2.05, 4.69) is 24.9 Å². The van der Waals surface area contributed by atoms with E-state index in [0.29, 0.717) is 32.8 Å². The van der Waals surface area contributed by atoms with Crippen LogP contribution in [0.15, 0.2) is 83.9 Å². The number of benzene rings is 2. The summed E-state index contributed by atoms with van der Waals surface area (Å²) < 4.78 is 53.8. The SMILES string of the molecule is O=c1[nH]c2nc(-c3ccccc3)c(-c3cc(Cl)c4[nH]ncc4c3)cc2cc1N[S+]([O-])Cc1ccc(C(F)(F)F)nc1. The quantitative estimate of drug-likeness (QED) is 0.190. The molecular formula is C28H18ClF3N6O2S. The minimum Gasteiger partial charge on any atom is -0.593 e. The Morgan fingerprint density at radius 3 is 2.51 bits per heavy atom. The number of hydrogen-bond donors (Lipinski definition) is 3. The van der Waals surface area contributed by atoms with Gasteiger partial charge >= 0.3 is 6.18 Å².